The number of amides is 1. The molecule has 30 heavy (non-hydrogen) atoms. The average Bonchev–Trinajstić information content (AvgIpc) is 3.36. The smallest absolute Gasteiger partial charge is 0.247 e. The molecule has 0 aliphatic carbocycles. The molecule has 6 heteroatoms. The lowest BCUT2D eigenvalue weighted by Gasteiger charge is -2.43. The molecule has 2 aromatic carbocycles. The fourth-order valence-electron chi connectivity index (χ4n) is 5.23. The number of para-hydroxylation sites is 1. The van der Waals surface area contributed by atoms with Crippen molar-refractivity contribution in [1.29, 1.82) is 0 Å². The van der Waals surface area contributed by atoms with Gasteiger partial charge in [-0.15, -0.1) is 0 Å². The summed E-state index contributed by atoms with van der Waals surface area (Å²) >= 11 is 0. The second-order valence-electron chi connectivity index (χ2n) is 8.74. The fraction of sp³-hybridized carbons (Fsp3) is 0.458. The first-order chi connectivity index (χ1) is 14.6. The van der Waals surface area contributed by atoms with Gasteiger partial charge >= 0.3 is 0 Å². The van der Waals surface area contributed by atoms with Crippen molar-refractivity contribution in [3.63, 3.8) is 0 Å². The van der Waals surface area contributed by atoms with E-state index in [0.29, 0.717) is 12.6 Å². The number of benzene rings is 2. The van der Waals surface area contributed by atoms with Crippen molar-refractivity contribution in [1.82, 2.24) is 10.2 Å². The van der Waals surface area contributed by atoms with E-state index < -0.39 is 5.54 Å². The first-order valence-corrected chi connectivity index (χ1v) is 10.8. The van der Waals surface area contributed by atoms with Gasteiger partial charge in [-0.25, -0.2) is 4.39 Å². The summed E-state index contributed by atoms with van der Waals surface area (Å²) in [6.07, 6.45) is 2.69. The van der Waals surface area contributed by atoms with E-state index in [-0.39, 0.29) is 17.8 Å². The number of anilines is 1. The predicted octanol–water partition coefficient (Wildman–Crippen LogP) is 3.33. The van der Waals surface area contributed by atoms with Crippen LogP contribution in [-0.4, -0.2) is 49.3 Å². The Labute approximate surface area is 176 Å². The number of nitrogens with one attached hydrogen (secondary N) is 1. The van der Waals surface area contributed by atoms with Gasteiger partial charge in [0.25, 0.3) is 0 Å². The summed E-state index contributed by atoms with van der Waals surface area (Å²) in [5, 5.41) is 3.07. The molecule has 5 rings (SSSR count). The largest absolute Gasteiger partial charge is 0.373 e. The Morgan fingerprint density at radius 3 is 2.53 bits per heavy atom. The second-order valence-corrected chi connectivity index (χ2v) is 8.74. The highest BCUT2D eigenvalue weighted by molar-refractivity contribution is 5.93. The summed E-state index contributed by atoms with van der Waals surface area (Å²) in [5.41, 5.74) is 1.73. The zero-order valence-corrected chi connectivity index (χ0v) is 17.1. The standard InChI is InChI=1S/C24H28FN3O2/c25-20-8-6-19(7-9-20)22-14-18(16-30-22)15-27-12-10-24(11-13-27)23(29)26-17-28(24)21-4-2-1-3-5-21/h1-9,18,22H,10-17H2,(H,26,29). The molecule has 158 valence electrons. The lowest BCUT2D eigenvalue weighted by Crippen LogP contribution is -2.56. The maximum absolute atomic E-state index is 13.2. The highest BCUT2D eigenvalue weighted by Gasteiger charge is 2.50. The molecule has 0 aromatic heterocycles. The van der Waals surface area contributed by atoms with Crippen molar-refractivity contribution in [2.24, 2.45) is 5.92 Å². The molecule has 0 saturated carbocycles. The van der Waals surface area contributed by atoms with Crippen LogP contribution in [0.3, 0.4) is 0 Å². The van der Waals surface area contributed by atoms with Crippen molar-refractivity contribution in [3.8, 4) is 0 Å². The van der Waals surface area contributed by atoms with E-state index in [9.17, 15) is 9.18 Å². The zero-order chi connectivity index (χ0) is 20.6. The number of rotatable bonds is 4. The van der Waals surface area contributed by atoms with E-state index >= 15 is 0 Å². The number of ether oxygens (including phenoxy) is 1. The minimum absolute atomic E-state index is 0.0564. The van der Waals surface area contributed by atoms with Crippen LogP contribution in [0.25, 0.3) is 0 Å². The molecular weight excluding hydrogens is 381 g/mol. The van der Waals surface area contributed by atoms with Crippen molar-refractivity contribution in [2.45, 2.75) is 30.9 Å². The average molecular weight is 410 g/mol. The second kappa shape index (κ2) is 8.00. The van der Waals surface area contributed by atoms with E-state index in [4.69, 9.17) is 4.74 Å². The molecule has 2 aromatic rings. The van der Waals surface area contributed by atoms with E-state index in [1.807, 2.05) is 30.3 Å². The van der Waals surface area contributed by atoms with Crippen LogP contribution in [0.2, 0.25) is 0 Å². The molecule has 3 heterocycles. The normalized spacial score (nSPS) is 26.3. The zero-order valence-electron chi connectivity index (χ0n) is 17.1. The van der Waals surface area contributed by atoms with Crippen LogP contribution in [0.5, 0.6) is 0 Å². The maximum Gasteiger partial charge on any atom is 0.247 e. The number of piperidine rings is 1. The first kappa shape index (κ1) is 19.5. The number of hydrogen-bond acceptors (Lipinski definition) is 4. The van der Waals surface area contributed by atoms with Crippen LogP contribution < -0.4 is 10.2 Å². The fourth-order valence-corrected chi connectivity index (χ4v) is 5.23. The summed E-state index contributed by atoms with van der Waals surface area (Å²) in [4.78, 5) is 17.5. The molecule has 3 aliphatic heterocycles. The van der Waals surface area contributed by atoms with Crippen molar-refractivity contribution in [3.05, 3.63) is 66.0 Å². The summed E-state index contributed by atoms with van der Waals surface area (Å²) in [5.74, 6) is 0.416. The molecular formula is C24H28FN3O2. The third-order valence-corrected chi connectivity index (χ3v) is 6.93. The van der Waals surface area contributed by atoms with Gasteiger partial charge in [-0.05, 0) is 55.0 Å². The van der Waals surface area contributed by atoms with Gasteiger partial charge in [-0.1, -0.05) is 30.3 Å². The monoisotopic (exact) mass is 409 g/mol. The van der Waals surface area contributed by atoms with Crippen LogP contribution in [-0.2, 0) is 9.53 Å². The Morgan fingerprint density at radius 2 is 1.80 bits per heavy atom. The van der Waals surface area contributed by atoms with Crippen LogP contribution in [0.1, 0.15) is 30.9 Å². The SMILES string of the molecule is O=C1NCN(c2ccccc2)C12CCN(CC1COC(c3ccc(F)cc3)C1)CC2. The van der Waals surface area contributed by atoms with Crippen molar-refractivity contribution < 1.29 is 13.9 Å². The van der Waals surface area contributed by atoms with E-state index in [1.165, 1.54) is 12.1 Å². The number of nitrogens with zero attached hydrogens (tertiary/aromatic N) is 2. The van der Waals surface area contributed by atoms with Crippen molar-refractivity contribution in [2.75, 3.05) is 37.8 Å². The number of halogens is 1. The minimum Gasteiger partial charge on any atom is -0.373 e. The van der Waals surface area contributed by atoms with Crippen LogP contribution in [0.4, 0.5) is 10.1 Å². The Bertz CT molecular complexity index is 881. The number of hydrogen-bond donors (Lipinski definition) is 1. The van der Waals surface area contributed by atoms with Crippen molar-refractivity contribution >= 4 is 11.6 Å². The molecule has 3 aliphatic rings. The molecule has 0 radical (unpaired) electrons. The van der Waals surface area contributed by atoms with Gasteiger partial charge in [0, 0.05) is 25.3 Å². The Hall–Kier alpha value is -2.44. The molecule has 1 N–H and O–H groups in total. The Kier molecular flexibility index (Phi) is 5.21. The highest BCUT2D eigenvalue weighted by Crippen LogP contribution is 2.38. The van der Waals surface area contributed by atoms with Gasteiger partial charge in [-0.3, -0.25) is 4.79 Å². The summed E-state index contributed by atoms with van der Waals surface area (Å²) < 4.78 is 19.2. The van der Waals surface area contributed by atoms with Gasteiger partial charge in [0.05, 0.1) is 19.4 Å². The summed E-state index contributed by atoms with van der Waals surface area (Å²) in [7, 11) is 0. The Morgan fingerprint density at radius 1 is 1.07 bits per heavy atom. The molecule has 1 spiro atoms. The summed E-state index contributed by atoms with van der Waals surface area (Å²) in [6.45, 7) is 4.13. The third-order valence-electron chi connectivity index (χ3n) is 6.93. The lowest BCUT2D eigenvalue weighted by atomic mass is 9.85. The third kappa shape index (κ3) is 3.59. The van der Waals surface area contributed by atoms with Crippen LogP contribution >= 0.6 is 0 Å². The first-order valence-electron chi connectivity index (χ1n) is 10.8. The van der Waals surface area contributed by atoms with Crippen LogP contribution in [0.15, 0.2) is 54.6 Å². The molecule has 2 unspecified atom stereocenters. The topological polar surface area (TPSA) is 44.8 Å². The molecule has 1 amide bonds. The van der Waals surface area contributed by atoms with E-state index in [2.05, 4.69) is 27.2 Å². The van der Waals surface area contributed by atoms with Gasteiger partial charge in [0.15, 0.2) is 0 Å². The number of carbonyl (C=O) groups excluding carboxylic acids is 1. The van der Waals surface area contributed by atoms with Gasteiger partial charge in [0.1, 0.15) is 11.4 Å². The van der Waals surface area contributed by atoms with Crippen LogP contribution in [0, 0.1) is 11.7 Å². The van der Waals surface area contributed by atoms with E-state index in [1.54, 1.807) is 0 Å². The lowest BCUT2D eigenvalue weighted by molar-refractivity contribution is -0.125. The minimum atomic E-state index is -0.430. The molecule has 0 bridgehead atoms. The number of carbonyl (C=O) groups is 1. The van der Waals surface area contributed by atoms with Gasteiger partial charge in [-0.2, -0.15) is 0 Å². The Balaban J connectivity index is 1.19. The predicted molar refractivity (Wildman–Crippen MR) is 114 cm³/mol. The highest BCUT2D eigenvalue weighted by atomic mass is 19.1. The maximum atomic E-state index is 13.2. The quantitative estimate of drug-likeness (QED) is 0.841. The number of likely N-dealkylation sites (tertiary alicyclic amines) is 1. The van der Waals surface area contributed by atoms with Gasteiger partial charge < -0.3 is 19.9 Å². The van der Waals surface area contributed by atoms with E-state index in [0.717, 1.165) is 56.8 Å². The molecule has 5 nitrogen and oxygen atoms in total. The summed E-state index contributed by atoms with van der Waals surface area (Å²) in [6, 6.07) is 16.9. The van der Waals surface area contributed by atoms with Gasteiger partial charge in [0.2, 0.25) is 5.91 Å². The molecule has 3 fully saturated rings. The molecule has 2 atom stereocenters. The molecule has 3 saturated heterocycles.